The summed E-state index contributed by atoms with van der Waals surface area (Å²) in [5.74, 6) is 1.73. The number of guanidine groups is 1. The van der Waals surface area contributed by atoms with E-state index >= 15 is 0 Å². The summed E-state index contributed by atoms with van der Waals surface area (Å²) in [4.78, 5) is 9.68. The first-order chi connectivity index (χ1) is 10.8. The van der Waals surface area contributed by atoms with E-state index in [0.29, 0.717) is 6.54 Å². The van der Waals surface area contributed by atoms with Crippen LogP contribution in [0, 0.1) is 0 Å². The Morgan fingerprint density at radius 3 is 2.61 bits per heavy atom. The van der Waals surface area contributed by atoms with Crippen molar-refractivity contribution in [1.82, 2.24) is 15.6 Å². The zero-order valence-electron chi connectivity index (χ0n) is 12.8. The lowest BCUT2D eigenvalue weighted by molar-refractivity contribution is 0.813. The van der Waals surface area contributed by atoms with Crippen LogP contribution in [0.3, 0.4) is 0 Å². The predicted octanol–water partition coefficient (Wildman–Crippen LogP) is 3.81. The summed E-state index contributed by atoms with van der Waals surface area (Å²) in [5, 5.41) is 7.29. The minimum absolute atomic E-state index is 0. The molecule has 2 aromatic rings. The first-order valence-corrected chi connectivity index (χ1v) is 8.37. The first kappa shape index (κ1) is 20.1. The van der Waals surface area contributed by atoms with Crippen LogP contribution in [0.1, 0.15) is 5.69 Å². The van der Waals surface area contributed by atoms with Gasteiger partial charge >= 0.3 is 0 Å². The zero-order chi connectivity index (χ0) is 15.6. The van der Waals surface area contributed by atoms with E-state index in [0.717, 1.165) is 29.0 Å². The van der Waals surface area contributed by atoms with E-state index in [-0.39, 0.29) is 24.0 Å². The van der Waals surface area contributed by atoms with Gasteiger partial charge in [-0.2, -0.15) is 0 Å². The van der Waals surface area contributed by atoms with Gasteiger partial charge in [-0.3, -0.25) is 9.98 Å². The van der Waals surface area contributed by atoms with Gasteiger partial charge in [-0.25, -0.2) is 0 Å². The molecule has 124 valence electrons. The Bertz CT molecular complexity index is 593. The summed E-state index contributed by atoms with van der Waals surface area (Å²) in [5.41, 5.74) is 0.987. The number of pyridine rings is 1. The molecule has 0 saturated heterocycles. The van der Waals surface area contributed by atoms with Crippen LogP contribution >= 0.6 is 47.3 Å². The van der Waals surface area contributed by atoms with Gasteiger partial charge in [-0.15, -0.1) is 35.7 Å². The summed E-state index contributed by atoms with van der Waals surface area (Å²) in [6.07, 6.45) is 1.79. The number of hydrogen-bond donors (Lipinski definition) is 2. The van der Waals surface area contributed by atoms with Gasteiger partial charge < -0.3 is 10.6 Å². The van der Waals surface area contributed by atoms with Crippen molar-refractivity contribution in [3.8, 4) is 0 Å². The van der Waals surface area contributed by atoms with Crippen molar-refractivity contribution < 1.29 is 0 Å². The normalized spacial score (nSPS) is 10.8. The topological polar surface area (TPSA) is 49.3 Å². The van der Waals surface area contributed by atoms with Gasteiger partial charge in [0.25, 0.3) is 0 Å². The highest BCUT2D eigenvalue weighted by molar-refractivity contribution is 14.0. The van der Waals surface area contributed by atoms with E-state index in [1.165, 1.54) is 4.90 Å². The molecule has 0 atom stereocenters. The van der Waals surface area contributed by atoms with Gasteiger partial charge in [-0.1, -0.05) is 17.7 Å². The Morgan fingerprint density at radius 1 is 1.17 bits per heavy atom. The average Bonchev–Trinajstić information content (AvgIpc) is 2.57. The number of thioether (sulfide) groups is 1. The predicted molar refractivity (Wildman–Crippen MR) is 110 cm³/mol. The second-order valence-electron chi connectivity index (χ2n) is 4.48. The van der Waals surface area contributed by atoms with Crippen LogP contribution in [0.25, 0.3) is 0 Å². The third-order valence-electron chi connectivity index (χ3n) is 2.86. The van der Waals surface area contributed by atoms with Crippen molar-refractivity contribution in [2.45, 2.75) is 11.4 Å². The second kappa shape index (κ2) is 11.5. The van der Waals surface area contributed by atoms with Crippen molar-refractivity contribution in [2.24, 2.45) is 4.99 Å². The largest absolute Gasteiger partial charge is 0.356 e. The standard InChI is InChI=1S/C16H19ClN4S.HI/c1-18-16(21-12-14-4-2-3-9-19-14)20-10-11-22-15-7-5-13(17)6-8-15;/h2-9H,10-12H2,1H3,(H2,18,20,21);1H. The molecular weight excluding hydrogens is 443 g/mol. The van der Waals surface area contributed by atoms with Gasteiger partial charge in [-0.05, 0) is 36.4 Å². The van der Waals surface area contributed by atoms with E-state index < -0.39 is 0 Å². The molecule has 0 radical (unpaired) electrons. The van der Waals surface area contributed by atoms with Crippen LogP contribution < -0.4 is 10.6 Å². The molecule has 0 unspecified atom stereocenters. The Morgan fingerprint density at radius 2 is 1.96 bits per heavy atom. The maximum absolute atomic E-state index is 5.87. The third-order valence-corrected chi connectivity index (χ3v) is 4.13. The second-order valence-corrected chi connectivity index (χ2v) is 6.08. The summed E-state index contributed by atoms with van der Waals surface area (Å²) in [7, 11) is 1.76. The minimum Gasteiger partial charge on any atom is -0.356 e. The third kappa shape index (κ3) is 7.90. The molecule has 0 aliphatic rings. The molecule has 1 aromatic heterocycles. The molecule has 0 aliphatic heterocycles. The maximum Gasteiger partial charge on any atom is 0.191 e. The van der Waals surface area contributed by atoms with Crippen molar-refractivity contribution in [2.75, 3.05) is 19.3 Å². The number of nitrogens with zero attached hydrogens (tertiary/aromatic N) is 2. The number of hydrogen-bond acceptors (Lipinski definition) is 3. The quantitative estimate of drug-likeness (QED) is 0.225. The molecule has 0 bridgehead atoms. The lowest BCUT2D eigenvalue weighted by Crippen LogP contribution is -2.38. The SMILES string of the molecule is CN=C(NCCSc1ccc(Cl)cc1)NCc1ccccn1.I. The van der Waals surface area contributed by atoms with E-state index in [4.69, 9.17) is 11.6 Å². The number of aliphatic imine (C=N–C) groups is 1. The van der Waals surface area contributed by atoms with Gasteiger partial charge in [0.1, 0.15) is 0 Å². The van der Waals surface area contributed by atoms with E-state index in [1.807, 2.05) is 42.5 Å². The Kier molecular flexibility index (Phi) is 10.1. The molecule has 0 aliphatic carbocycles. The van der Waals surface area contributed by atoms with Crippen LogP contribution in [-0.4, -0.2) is 30.3 Å². The molecular formula is C16H20ClIN4S. The number of nitrogens with one attached hydrogen (secondary N) is 2. The highest BCUT2D eigenvalue weighted by Crippen LogP contribution is 2.19. The first-order valence-electron chi connectivity index (χ1n) is 7.01. The summed E-state index contributed by atoms with van der Waals surface area (Å²) in [6.45, 7) is 1.49. The van der Waals surface area contributed by atoms with Crippen molar-refractivity contribution in [3.05, 3.63) is 59.4 Å². The van der Waals surface area contributed by atoms with Gasteiger partial charge in [0, 0.05) is 35.5 Å². The number of rotatable bonds is 6. The highest BCUT2D eigenvalue weighted by atomic mass is 127. The zero-order valence-corrected chi connectivity index (χ0v) is 16.7. The molecule has 2 rings (SSSR count). The summed E-state index contributed by atoms with van der Waals surface area (Å²) >= 11 is 7.65. The number of aromatic nitrogens is 1. The molecule has 0 fully saturated rings. The van der Waals surface area contributed by atoms with Crippen LogP contribution in [-0.2, 0) is 6.54 Å². The van der Waals surface area contributed by atoms with Gasteiger partial charge in [0.2, 0.25) is 0 Å². The van der Waals surface area contributed by atoms with Crippen molar-refractivity contribution in [1.29, 1.82) is 0 Å². The molecule has 0 saturated carbocycles. The maximum atomic E-state index is 5.87. The minimum atomic E-state index is 0. The molecule has 0 spiro atoms. The Labute approximate surface area is 163 Å². The molecule has 1 heterocycles. The molecule has 0 amide bonds. The van der Waals surface area contributed by atoms with Crippen molar-refractivity contribution in [3.63, 3.8) is 0 Å². The lowest BCUT2D eigenvalue weighted by Gasteiger charge is -2.11. The lowest BCUT2D eigenvalue weighted by atomic mass is 10.3. The van der Waals surface area contributed by atoms with E-state index in [1.54, 1.807) is 25.0 Å². The Balaban J connectivity index is 0.00000264. The fourth-order valence-electron chi connectivity index (χ4n) is 1.77. The molecule has 7 heteroatoms. The van der Waals surface area contributed by atoms with Crippen LogP contribution in [0.15, 0.2) is 58.5 Å². The van der Waals surface area contributed by atoms with Crippen molar-refractivity contribution >= 4 is 53.3 Å². The number of benzene rings is 1. The van der Waals surface area contributed by atoms with E-state index in [2.05, 4.69) is 20.6 Å². The van der Waals surface area contributed by atoms with Crippen LogP contribution in [0.2, 0.25) is 5.02 Å². The fraction of sp³-hybridized carbons (Fsp3) is 0.250. The monoisotopic (exact) mass is 462 g/mol. The van der Waals surface area contributed by atoms with Gasteiger partial charge in [0.15, 0.2) is 5.96 Å². The van der Waals surface area contributed by atoms with Crippen LogP contribution in [0.5, 0.6) is 0 Å². The van der Waals surface area contributed by atoms with E-state index in [9.17, 15) is 0 Å². The molecule has 1 aromatic carbocycles. The summed E-state index contributed by atoms with van der Waals surface area (Å²) in [6, 6.07) is 13.7. The summed E-state index contributed by atoms with van der Waals surface area (Å²) < 4.78 is 0. The van der Waals surface area contributed by atoms with Gasteiger partial charge in [0.05, 0.1) is 12.2 Å². The molecule has 23 heavy (non-hydrogen) atoms. The average molecular weight is 463 g/mol. The molecule has 2 N–H and O–H groups in total. The number of halogens is 2. The Hall–Kier alpha value is -0.990. The van der Waals surface area contributed by atoms with Crippen LogP contribution in [0.4, 0.5) is 0 Å². The fourth-order valence-corrected chi connectivity index (χ4v) is 2.66. The molecule has 4 nitrogen and oxygen atoms in total. The highest BCUT2D eigenvalue weighted by Gasteiger charge is 1.99. The smallest absolute Gasteiger partial charge is 0.191 e.